The summed E-state index contributed by atoms with van der Waals surface area (Å²) >= 11 is 0. The quantitative estimate of drug-likeness (QED) is 0.665. The van der Waals surface area contributed by atoms with Crippen molar-refractivity contribution in [1.82, 2.24) is 29.6 Å². The van der Waals surface area contributed by atoms with Crippen molar-refractivity contribution in [2.75, 3.05) is 103 Å². The van der Waals surface area contributed by atoms with Crippen molar-refractivity contribution in [3.8, 4) is 0 Å². The lowest BCUT2D eigenvalue weighted by molar-refractivity contribution is 0.158. The van der Waals surface area contributed by atoms with Crippen LogP contribution < -0.4 is 10.6 Å². The maximum Gasteiger partial charge on any atom is 0.225 e. The highest BCUT2D eigenvalue weighted by Gasteiger charge is 2.15. The highest BCUT2D eigenvalue weighted by atomic mass is 15.3. The topological polar surface area (TPSA) is 62.8 Å². The number of aromatic nitrogens is 2. The number of hydrogen-bond donors (Lipinski definition) is 2. The molecule has 2 aliphatic rings. The summed E-state index contributed by atoms with van der Waals surface area (Å²) in [5.74, 6) is 1.64. The molecule has 1 aromatic carbocycles. The third-order valence-electron chi connectivity index (χ3n) is 6.23. The fourth-order valence-electron chi connectivity index (χ4n) is 4.09. The lowest BCUT2D eigenvalue weighted by Gasteiger charge is -2.32. The van der Waals surface area contributed by atoms with Crippen LogP contribution in [0, 0.1) is 0 Å². The van der Waals surface area contributed by atoms with Gasteiger partial charge in [-0.15, -0.1) is 0 Å². The van der Waals surface area contributed by atoms with Gasteiger partial charge in [0.05, 0.1) is 5.52 Å². The maximum atomic E-state index is 4.80. The van der Waals surface area contributed by atoms with Gasteiger partial charge < -0.3 is 20.4 Å². The molecule has 0 atom stereocenters. The average molecular weight is 413 g/mol. The number of nitrogens with one attached hydrogen (secondary N) is 2. The number of hydrogen-bond acceptors (Lipinski definition) is 8. The monoisotopic (exact) mass is 412 g/mol. The number of piperazine rings is 2. The molecule has 0 aliphatic carbocycles. The highest BCUT2D eigenvalue weighted by Crippen LogP contribution is 2.21. The van der Waals surface area contributed by atoms with Crippen LogP contribution in [0.4, 0.5) is 11.8 Å². The van der Waals surface area contributed by atoms with E-state index in [1.807, 2.05) is 6.07 Å². The summed E-state index contributed by atoms with van der Waals surface area (Å²) in [6, 6.07) is 8.25. The van der Waals surface area contributed by atoms with Crippen molar-refractivity contribution in [1.29, 1.82) is 0 Å². The summed E-state index contributed by atoms with van der Waals surface area (Å²) in [5, 5.41) is 8.10. The predicted octanol–water partition coefficient (Wildman–Crippen LogP) is 0.948. The number of rotatable bonds is 8. The minimum Gasteiger partial charge on any atom is -0.368 e. The number of nitrogens with zero attached hydrogens (tertiary/aromatic N) is 6. The summed E-state index contributed by atoms with van der Waals surface area (Å²) in [7, 11) is 4.39. The lowest BCUT2D eigenvalue weighted by Crippen LogP contribution is -2.46. The van der Waals surface area contributed by atoms with Gasteiger partial charge in [-0.05, 0) is 26.2 Å². The zero-order chi connectivity index (χ0) is 20.8. The molecule has 4 rings (SSSR count). The van der Waals surface area contributed by atoms with Crippen molar-refractivity contribution >= 4 is 22.7 Å². The van der Waals surface area contributed by atoms with Gasteiger partial charge in [0.2, 0.25) is 5.95 Å². The Bertz CT molecular complexity index is 797. The smallest absolute Gasteiger partial charge is 0.225 e. The molecule has 0 saturated carbocycles. The summed E-state index contributed by atoms with van der Waals surface area (Å²) in [5.41, 5.74) is 0.983. The highest BCUT2D eigenvalue weighted by molar-refractivity contribution is 5.90. The van der Waals surface area contributed by atoms with Crippen molar-refractivity contribution in [3.05, 3.63) is 24.3 Å². The molecule has 0 radical (unpaired) electrons. The summed E-state index contributed by atoms with van der Waals surface area (Å²) in [6.45, 7) is 13.0. The third kappa shape index (κ3) is 5.78. The Morgan fingerprint density at radius 1 is 0.733 bits per heavy atom. The van der Waals surface area contributed by atoms with E-state index in [9.17, 15) is 0 Å². The summed E-state index contributed by atoms with van der Waals surface area (Å²) in [4.78, 5) is 19.3. The van der Waals surface area contributed by atoms with Gasteiger partial charge >= 0.3 is 0 Å². The molecule has 30 heavy (non-hydrogen) atoms. The van der Waals surface area contributed by atoms with Crippen LogP contribution in [0.2, 0.25) is 0 Å². The van der Waals surface area contributed by atoms with Crippen LogP contribution in [-0.2, 0) is 0 Å². The molecule has 2 aliphatic heterocycles. The number of likely N-dealkylation sites (N-methyl/N-ethyl adjacent to an activating group) is 2. The van der Waals surface area contributed by atoms with Gasteiger partial charge in [-0.3, -0.25) is 9.80 Å². The standard InChI is InChI=1S/C22H36N8/c1-27-11-15-29(16-12-27)9-7-23-21-19-5-3-4-6-20(19)25-22(26-21)24-8-10-30-17-13-28(2)14-18-30/h3-6H,7-18H2,1-2H3,(H2,23,24,25,26). The molecule has 3 heterocycles. The lowest BCUT2D eigenvalue weighted by atomic mass is 10.2. The van der Waals surface area contributed by atoms with Crippen LogP contribution in [0.3, 0.4) is 0 Å². The van der Waals surface area contributed by atoms with Crippen LogP contribution in [-0.4, -0.2) is 122 Å². The number of benzene rings is 1. The molecule has 0 amide bonds. The van der Waals surface area contributed by atoms with Crippen LogP contribution in [0.5, 0.6) is 0 Å². The molecule has 0 unspecified atom stereocenters. The molecule has 2 fully saturated rings. The van der Waals surface area contributed by atoms with Crippen LogP contribution in [0.15, 0.2) is 24.3 Å². The normalized spacial score (nSPS) is 19.9. The van der Waals surface area contributed by atoms with E-state index in [0.29, 0.717) is 5.95 Å². The van der Waals surface area contributed by atoms with Crippen molar-refractivity contribution < 1.29 is 0 Å². The Morgan fingerprint density at radius 3 is 1.93 bits per heavy atom. The molecule has 0 bridgehead atoms. The van der Waals surface area contributed by atoms with Gasteiger partial charge in [0.25, 0.3) is 0 Å². The second-order valence-corrected chi connectivity index (χ2v) is 8.56. The molecule has 2 aromatic rings. The Kier molecular flexibility index (Phi) is 7.33. The van der Waals surface area contributed by atoms with Gasteiger partial charge in [-0.25, -0.2) is 4.98 Å². The minimum atomic E-state index is 0.713. The molecule has 164 valence electrons. The largest absolute Gasteiger partial charge is 0.368 e. The molecular formula is C22H36N8. The predicted molar refractivity (Wildman–Crippen MR) is 124 cm³/mol. The van der Waals surface area contributed by atoms with Gasteiger partial charge in [-0.1, -0.05) is 12.1 Å². The molecule has 1 aromatic heterocycles. The summed E-state index contributed by atoms with van der Waals surface area (Å²) in [6.07, 6.45) is 0. The van der Waals surface area contributed by atoms with E-state index in [1.165, 1.54) is 0 Å². The van der Waals surface area contributed by atoms with Crippen molar-refractivity contribution in [2.24, 2.45) is 0 Å². The molecule has 0 spiro atoms. The molecule has 2 saturated heterocycles. The van der Waals surface area contributed by atoms with E-state index in [2.05, 4.69) is 62.5 Å². The number of para-hydroxylation sites is 1. The average Bonchev–Trinajstić information content (AvgIpc) is 2.76. The maximum absolute atomic E-state index is 4.80. The zero-order valence-corrected chi connectivity index (χ0v) is 18.5. The van der Waals surface area contributed by atoms with Gasteiger partial charge in [0.15, 0.2) is 0 Å². The first-order valence-electron chi connectivity index (χ1n) is 11.2. The van der Waals surface area contributed by atoms with E-state index >= 15 is 0 Å². The Hall–Kier alpha value is -2.00. The van der Waals surface area contributed by atoms with Crippen LogP contribution >= 0.6 is 0 Å². The summed E-state index contributed by atoms with van der Waals surface area (Å²) < 4.78 is 0. The molecule has 8 nitrogen and oxygen atoms in total. The minimum absolute atomic E-state index is 0.713. The number of anilines is 2. The zero-order valence-electron chi connectivity index (χ0n) is 18.5. The number of fused-ring (bicyclic) bond motifs is 1. The SMILES string of the molecule is CN1CCN(CCNc2nc(NCCN3CCN(C)CC3)c3ccccc3n2)CC1. The van der Waals surface area contributed by atoms with Gasteiger partial charge in [-0.2, -0.15) is 4.98 Å². The second kappa shape index (κ2) is 10.3. The van der Waals surface area contributed by atoms with Crippen molar-refractivity contribution in [2.45, 2.75) is 0 Å². The first kappa shape index (κ1) is 21.2. The van der Waals surface area contributed by atoms with E-state index in [-0.39, 0.29) is 0 Å². The Labute approximate surface area is 180 Å². The fourth-order valence-corrected chi connectivity index (χ4v) is 4.09. The Morgan fingerprint density at radius 2 is 1.30 bits per heavy atom. The third-order valence-corrected chi connectivity index (χ3v) is 6.23. The van der Waals surface area contributed by atoms with E-state index in [0.717, 1.165) is 95.3 Å². The molecule has 2 N–H and O–H groups in total. The van der Waals surface area contributed by atoms with Crippen LogP contribution in [0.25, 0.3) is 10.9 Å². The molecular weight excluding hydrogens is 376 g/mol. The van der Waals surface area contributed by atoms with Crippen molar-refractivity contribution in [3.63, 3.8) is 0 Å². The van der Waals surface area contributed by atoms with Gasteiger partial charge in [0, 0.05) is 83.9 Å². The first-order valence-corrected chi connectivity index (χ1v) is 11.2. The molecule has 8 heteroatoms. The van der Waals surface area contributed by atoms with Gasteiger partial charge in [0.1, 0.15) is 5.82 Å². The van der Waals surface area contributed by atoms with E-state index < -0.39 is 0 Å². The Balaban J connectivity index is 1.33. The fraction of sp³-hybridized carbons (Fsp3) is 0.636. The van der Waals surface area contributed by atoms with E-state index in [1.54, 1.807) is 0 Å². The first-order chi connectivity index (χ1) is 14.7. The van der Waals surface area contributed by atoms with Crippen LogP contribution in [0.1, 0.15) is 0 Å². The van der Waals surface area contributed by atoms with E-state index in [4.69, 9.17) is 9.97 Å². The second-order valence-electron chi connectivity index (χ2n) is 8.56.